The smallest absolute Gasteiger partial charge is 0.322 e. The number of hydrogen-bond acceptors (Lipinski definition) is 3. The lowest BCUT2D eigenvalue weighted by atomic mass is 9.90. The highest BCUT2D eigenvalue weighted by molar-refractivity contribution is 6.31. The second-order valence-corrected chi connectivity index (χ2v) is 6.59. The van der Waals surface area contributed by atoms with Crippen LogP contribution in [0.4, 0.5) is 10.5 Å². The first-order chi connectivity index (χ1) is 11.1. The average Bonchev–Trinajstić information content (AvgIpc) is 2.57. The van der Waals surface area contributed by atoms with Gasteiger partial charge in [-0.2, -0.15) is 0 Å². The number of morpholine rings is 1. The zero-order chi connectivity index (χ0) is 16.4. The van der Waals surface area contributed by atoms with E-state index < -0.39 is 0 Å². The molecule has 2 amide bonds. The Morgan fingerprint density at radius 2 is 2.17 bits per heavy atom. The number of aryl methyl sites for hydroxylation is 1. The topological polar surface area (TPSA) is 50.8 Å². The standard InChI is InChI=1S/C17H23ClN2O3/c1-11-9-13(16(22-2)10-12(11)18)19-17(21)20-7-8-23-15-6-4-3-5-14(15)20/h9-10,14-15H,3-8H2,1-2H3,(H,19,21)/t14-,15+/m0/s1. The molecule has 2 atom stereocenters. The lowest BCUT2D eigenvalue weighted by molar-refractivity contribution is -0.0694. The van der Waals surface area contributed by atoms with E-state index >= 15 is 0 Å². The van der Waals surface area contributed by atoms with Crippen LogP contribution in [0, 0.1) is 6.92 Å². The van der Waals surface area contributed by atoms with E-state index in [0.717, 1.165) is 24.8 Å². The summed E-state index contributed by atoms with van der Waals surface area (Å²) in [4.78, 5) is 14.7. The molecule has 23 heavy (non-hydrogen) atoms. The number of rotatable bonds is 2. The predicted octanol–water partition coefficient (Wildman–Crippen LogP) is 3.83. The Hall–Kier alpha value is -1.46. The van der Waals surface area contributed by atoms with Gasteiger partial charge in [-0.3, -0.25) is 0 Å². The van der Waals surface area contributed by atoms with Crippen LogP contribution in [0.25, 0.3) is 0 Å². The Bertz CT molecular complexity index is 591. The maximum Gasteiger partial charge on any atom is 0.322 e. The van der Waals surface area contributed by atoms with E-state index in [2.05, 4.69) is 5.32 Å². The van der Waals surface area contributed by atoms with Gasteiger partial charge in [0.1, 0.15) is 5.75 Å². The molecule has 1 saturated heterocycles. The van der Waals surface area contributed by atoms with Crippen LogP contribution in [-0.2, 0) is 4.74 Å². The predicted molar refractivity (Wildman–Crippen MR) is 90.5 cm³/mol. The molecule has 1 aliphatic heterocycles. The van der Waals surface area contributed by atoms with Crippen LogP contribution in [-0.4, -0.2) is 43.3 Å². The maximum absolute atomic E-state index is 12.8. The van der Waals surface area contributed by atoms with Crippen molar-refractivity contribution in [3.63, 3.8) is 0 Å². The van der Waals surface area contributed by atoms with Crippen molar-refractivity contribution in [2.45, 2.75) is 44.8 Å². The molecule has 1 aromatic carbocycles. The van der Waals surface area contributed by atoms with Gasteiger partial charge in [-0.1, -0.05) is 24.4 Å². The van der Waals surface area contributed by atoms with Gasteiger partial charge in [0.15, 0.2) is 0 Å². The Balaban J connectivity index is 1.77. The van der Waals surface area contributed by atoms with E-state index in [9.17, 15) is 4.79 Å². The van der Waals surface area contributed by atoms with Crippen LogP contribution < -0.4 is 10.1 Å². The number of nitrogens with zero attached hydrogens (tertiary/aromatic N) is 1. The number of hydrogen-bond donors (Lipinski definition) is 1. The highest BCUT2D eigenvalue weighted by Crippen LogP contribution is 2.33. The molecule has 1 heterocycles. The number of benzene rings is 1. The first kappa shape index (κ1) is 16.4. The molecule has 1 aliphatic carbocycles. The molecule has 0 bridgehead atoms. The molecule has 0 radical (unpaired) electrons. The van der Waals surface area contributed by atoms with Gasteiger partial charge in [0.2, 0.25) is 0 Å². The molecule has 2 fully saturated rings. The molecule has 1 aromatic rings. The molecule has 0 spiro atoms. The lowest BCUT2D eigenvalue weighted by Gasteiger charge is -2.43. The molecular formula is C17H23ClN2O3. The van der Waals surface area contributed by atoms with Crippen LogP contribution >= 0.6 is 11.6 Å². The average molecular weight is 339 g/mol. The van der Waals surface area contributed by atoms with Crippen molar-refractivity contribution in [1.82, 2.24) is 4.90 Å². The number of carbonyl (C=O) groups excluding carboxylic acids is 1. The second-order valence-electron chi connectivity index (χ2n) is 6.19. The van der Waals surface area contributed by atoms with E-state index in [0.29, 0.717) is 29.6 Å². The first-order valence-electron chi connectivity index (χ1n) is 8.13. The monoisotopic (exact) mass is 338 g/mol. The molecule has 126 valence electrons. The van der Waals surface area contributed by atoms with Crippen LogP contribution in [0.5, 0.6) is 5.75 Å². The summed E-state index contributed by atoms with van der Waals surface area (Å²) in [5, 5.41) is 3.60. The fourth-order valence-corrected chi connectivity index (χ4v) is 3.62. The van der Waals surface area contributed by atoms with E-state index in [1.165, 1.54) is 6.42 Å². The lowest BCUT2D eigenvalue weighted by Crippen LogP contribution is -2.56. The van der Waals surface area contributed by atoms with Crippen molar-refractivity contribution in [3.05, 3.63) is 22.7 Å². The number of fused-ring (bicyclic) bond motifs is 1. The number of methoxy groups -OCH3 is 1. The third kappa shape index (κ3) is 3.40. The van der Waals surface area contributed by atoms with Crippen molar-refractivity contribution in [1.29, 1.82) is 0 Å². The zero-order valence-corrected chi connectivity index (χ0v) is 14.4. The Labute approximate surface area is 141 Å². The molecule has 6 heteroatoms. The minimum Gasteiger partial charge on any atom is -0.495 e. The van der Waals surface area contributed by atoms with Gasteiger partial charge in [-0.25, -0.2) is 4.79 Å². The number of amides is 2. The molecule has 2 aliphatic rings. The minimum absolute atomic E-state index is 0.0924. The summed E-state index contributed by atoms with van der Waals surface area (Å²) in [6, 6.07) is 3.66. The summed E-state index contributed by atoms with van der Waals surface area (Å²) in [5.74, 6) is 0.572. The van der Waals surface area contributed by atoms with Crippen molar-refractivity contribution >= 4 is 23.3 Å². The van der Waals surface area contributed by atoms with Crippen LogP contribution in [0.1, 0.15) is 31.2 Å². The highest BCUT2D eigenvalue weighted by atomic mass is 35.5. The summed E-state index contributed by atoms with van der Waals surface area (Å²) in [7, 11) is 1.57. The van der Waals surface area contributed by atoms with E-state index in [1.807, 2.05) is 17.9 Å². The summed E-state index contributed by atoms with van der Waals surface area (Å²) < 4.78 is 11.2. The zero-order valence-electron chi connectivity index (χ0n) is 13.6. The van der Waals surface area contributed by atoms with Crippen molar-refractivity contribution in [2.24, 2.45) is 0 Å². The Morgan fingerprint density at radius 1 is 1.39 bits per heavy atom. The van der Waals surface area contributed by atoms with Crippen LogP contribution in [0.2, 0.25) is 5.02 Å². The van der Waals surface area contributed by atoms with Gasteiger partial charge in [-0.05, 0) is 31.4 Å². The van der Waals surface area contributed by atoms with Gasteiger partial charge in [0.05, 0.1) is 31.5 Å². The van der Waals surface area contributed by atoms with E-state index in [1.54, 1.807) is 13.2 Å². The van der Waals surface area contributed by atoms with Crippen molar-refractivity contribution < 1.29 is 14.3 Å². The highest BCUT2D eigenvalue weighted by Gasteiger charge is 2.36. The van der Waals surface area contributed by atoms with Crippen LogP contribution in [0.3, 0.4) is 0 Å². The summed E-state index contributed by atoms with van der Waals surface area (Å²) in [6.45, 7) is 3.14. The number of urea groups is 1. The normalized spacial score (nSPS) is 24.0. The van der Waals surface area contributed by atoms with E-state index in [4.69, 9.17) is 21.1 Å². The number of ether oxygens (including phenoxy) is 2. The Morgan fingerprint density at radius 3 is 2.96 bits per heavy atom. The minimum atomic E-state index is -0.0924. The molecule has 0 unspecified atom stereocenters. The van der Waals surface area contributed by atoms with Gasteiger partial charge in [-0.15, -0.1) is 0 Å². The van der Waals surface area contributed by atoms with Gasteiger partial charge < -0.3 is 19.7 Å². The molecule has 5 nitrogen and oxygen atoms in total. The van der Waals surface area contributed by atoms with Gasteiger partial charge in [0.25, 0.3) is 0 Å². The summed E-state index contributed by atoms with van der Waals surface area (Å²) in [6.07, 6.45) is 4.56. The second kappa shape index (κ2) is 6.97. The van der Waals surface area contributed by atoms with Crippen LogP contribution in [0.15, 0.2) is 12.1 Å². The van der Waals surface area contributed by atoms with Gasteiger partial charge in [0, 0.05) is 17.6 Å². The fraction of sp³-hybridized carbons (Fsp3) is 0.588. The quantitative estimate of drug-likeness (QED) is 0.891. The number of halogens is 1. The summed E-state index contributed by atoms with van der Waals surface area (Å²) >= 11 is 6.12. The largest absolute Gasteiger partial charge is 0.495 e. The maximum atomic E-state index is 12.8. The molecule has 3 rings (SSSR count). The molecule has 0 aromatic heterocycles. The SMILES string of the molecule is COc1cc(Cl)c(C)cc1NC(=O)N1CCO[C@@H]2CCCC[C@@H]21. The molecule has 1 saturated carbocycles. The number of nitrogens with one attached hydrogen (secondary N) is 1. The van der Waals surface area contributed by atoms with Crippen molar-refractivity contribution in [2.75, 3.05) is 25.6 Å². The molecule has 1 N–H and O–H groups in total. The third-order valence-corrected chi connectivity index (χ3v) is 5.12. The number of carbonyl (C=O) groups is 1. The van der Waals surface area contributed by atoms with E-state index in [-0.39, 0.29) is 18.2 Å². The number of anilines is 1. The molecular weight excluding hydrogens is 316 g/mol. The first-order valence-corrected chi connectivity index (χ1v) is 8.51. The third-order valence-electron chi connectivity index (χ3n) is 4.72. The Kier molecular flexibility index (Phi) is 4.97. The fourth-order valence-electron chi connectivity index (χ4n) is 3.47. The summed E-state index contributed by atoms with van der Waals surface area (Å²) in [5.41, 5.74) is 1.55. The van der Waals surface area contributed by atoms with Crippen molar-refractivity contribution in [3.8, 4) is 5.75 Å². The van der Waals surface area contributed by atoms with Gasteiger partial charge >= 0.3 is 6.03 Å².